The average Bonchev–Trinajstić information content (AvgIpc) is 3.17. The Morgan fingerprint density at radius 2 is 1.90 bits per heavy atom. The van der Waals surface area contributed by atoms with Crippen molar-refractivity contribution < 1.29 is 9.18 Å². The van der Waals surface area contributed by atoms with E-state index in [9.17, 15) is 18.8 Å². The molecule has 0 spiro atoms. The van der Waals surface area contributed by atoms with Crippen molar-refractivity contribution in [1.82, 2.24) is 9.13 Å². The molecule has 4 aromatic rings. The molecule has 0 radical (unpaired) electrons. The van der Waals surface area contributed by atoms with Gasteiger partial charge in [-0.25, -0.2) is 13.8 Å². The molecule has 0 aliphatic carbocycles. The molecule has 8 heteroatoms. The van der Waals surface area contributed by atoms with Gasteiger partial charge in [0.25, 0.3) is 5.56 Å². The normalized spacial score (nSPS) is 11.0. The van der Waals surface area contributed by atoms with Gasteiger partial charge in [-0.3, -0.25) is 14.2 Å². The fourth-order valence-corrected chi connectivity index (χ4v) is 3.98. The van der Waals surface area contributed by atoms with E-state index in [0.29, 0.717) is 11.2 Å². The maximum Gasteiger partial charge on any atom is 0.336 e. The number of para-hydroxylation sites is 1. The molecule has 0 unspecified atom stereocenters. The Kier molecular flexibility index (Phi) is 4.85. The monoisotopic (exact) mass is 409 g/mol. The first-order valence-electron chi connectivity index (χ1n) is 8.80. The Balaban J connectivity index is 1.81. The predicted octanol–water partition coefficient (Wildman–Crippen LogP) is 3.30. The van der Waals surface area contributed by atoms with Crippen molar-refractivity contribution in [1.29, 1.82) is 0 Å². The highest BCUT2D eigenvalue weighted by Gasteiger charge is 2.19. The predicted molar refractivity (Wildman–Crippen MR) is 111 cm³/mol. The number of benzene rings is 2. The third-order valence-corrected chi connectivity index (χ3v) is 5.34. The number of carbonyl (C=O) groups is 1. The minimum absolute atomic E-state index is 0.148. The van der Waals surface area contributed by atoms with E-state index >= 15 is 0 Å². The van der Waals surface area contributed by atoms with Crippen molar-refractivity contribution in [2.45, 2.75) is 13.5 Å². The Labute approximate surface area is 168 Å². The Bertz CT molecular complexity index is 1350. The van der Waals surface area contributed by atoms with Crippen LogP contribution in [0, 0.1) is 12.7 Å². The first-order chi connectivity index (χ1) is 14.0. The Morgan fingerprint density at radius 1 is 1.10 bits per heavy atom. The van der Waals surface area contributed by atoms with E-state index < -0.39 is 23.0 Å². The summed E-state index contributed by atoms with van der Waals surface area (Å²) < 4.78 is 16.5. The summed E-state index contributed by atoms with van der Waals surface area (Å²) in [5.41, 5.74) is 0.397. The van der Waals surface area contributed by atoms with Gasteiger partial charge in [0.2, 0.25) is 5.91 Å². The number of aromatic nitrogens is 2. The number of rotatable bonds is 4. The number of fused-ring (bicyclic) bond motifs is 1. The van der Waals surface area contributed by atoms with E-state index in [1.165, 1.54) is 28.8 Å². The number of hydrogen-bond acceptors (Lipinski definition) is 4. The van der Waals surface area contributed by atoms with E-state index in [-0.39, 0.29) is 16.9 Å². The van der Waals surface area contributed by atoms with Crippen LogP contribution < -0.4 is 16.6 Å². The molecule has 0 bridgehead atoms. The molecule has 6 nitrogen and oxygen atoms in total. The molecule has 0 aliphatic heterocycles. The van der Waals surface area contributed by atoms with Crippen LogP contribution in [0.4, 0.5) is 10.1 Å². The molecular formula is C21H16FN3O3S. The van der Waals surface area contributed by atoms with Crippen LogP contribution in [0.2, 0.25) is 0 Å². The third kappa shape index (κ3) is 3.50. The number of nitrogens with one attached hydrogen (secondary N) is 1. The summed E-state index contributed by atoms with van der Waals surface area (Å²) in [4.78, 5) is 38.5. The van der Waals surface area contributed by atoms with E-state index in [2.05, 4.69) is 5.32 Å². The van der Waals surface area contributed by atoms with Gasteiger partial charge in [0.05, 0.1) is 11.2 Å². The molecule has 4 rings (SSSR count). The number of anilines is 1. The highest BCUT2D eigenvalue weighted by Crippen LogP contribution is 2.18. The summed E-state index contributed by atoms with van der Waals surface area (Å²) in [5, 5.41) is 4.40. The van der Waals surface area contributed by atoms with Crippen LogP contribution in [0.1, 0.15) is 5.56 Å². The minimum Gasteiger partial charge on any atom is -0.325 e. The number of carbonyl (C=O) groups excluding carboxylic acids is 1. The molecule has 0 fully saturated rings. The fourth-order valence-electron chi connectivity index (χ4n) is 3.15. The molecule has 146 valence electrons. The average molecular weight is 409 g/mol. The van der Waals surface area contributed by atoms with Crippen molar-refractivity contribution in [2.75, 3.05) is 5.32 Å². The lowest BCUT2D eigenvalue weighted by Gasteiger charge is -2.13. The van der Waals surface area contributed by atoms with Gasteiger partial charge in [0, 0.05) is 5.69 Å². The maximum atomic E-state index is 14.3. The number of thiophene rings is 1. The van der Waals surface area contributed by atoms with Gasteiger partial charge in [-0.1, -0.05) is 24.3 Å². The van der Waals surface area contributed by atoms with Gasteiger partial charge in [0.15, 0.2) is 0 Å². The molecule has 1 amide bonds. The zero-order valence-corrected chi connectivity index (χ0v) is 16.2. The number of nitrogens with zero attached hydrogens (tertiary/aromatic N) is 2. The molecule has 2 aromatic carbocycles. The summed E-state index contributed by atoms with van der Waals surface area (Å²) in [6, 6.07) is 14.4. The summed E-state index contributed by atoms with van der Waals surface area (Å²) in [6.07, 6.45) is 0. The van der Waals surface area contributed by atoms with Crippen molar-refractivity contribution in [3.8, 4) is 5.69 Å². The highest BCUT2D eigenvalue weighted by molar-refractivity contribution is 7.17. The standard InChI is InChI=1S/C21H16FN3O3S/c1-13-5-4-6-14(11-13)23-18(26)12-24-17-9-10-29-19(17)20(27)25(21(24)28)16-8-3-2-7-15(16)22/h2-11H,12H2,1H3,(H,23,26). The maximum absolute atomic E-state index is 14.3. The zero-order valence-electron chi connectivity index (χ0n) is 15.4. The van der Waals surface area contributed by atoms with Gasteiger partial charge < -0.3 is 5.32 Å². The minimum atomic E-state index is -0.773. The van der Waals surface area contributed by atoms with Crippen LogP contribution in [0.15, 0.2) is 69.6 Å². The topological polar surface area (TPSA) is 73.1 Å². The molecule has 29 heavy (non-hydrogen) atoms. The number of hydrogen-bond donors (Lipinski definition) is 1. The SMILES string of the molecule is Cc1cccc(NC(=O)Cn2c(=O)n(-c3ccccc3F)c(=O)c3sccc32)c1. The molecule has 0 atom stereocenters. The van der Waals surface area contributed by atoms with Gasteiger partial charge in [-0.15, -0.1) is 11.3 Å². The second-order valence-electron chi connectivity index (χ2n) is 6.51. The second-order valence-corrected chi connectivity index (χ2v) is 7.43. The van der Waals surface area contributed by atoms with E-state index in [0.717, 1.165) is 21.5 Å². The number of halogens is 1. The van der Waals surface area contributed by atoms with Crippen molar-refractivity contribution in [3.05, 3.63) is 92.2 Å². The lowest BCUT2D eigenvalue weighted by Crippen LogP contribution is -2.40. The van der Waals surface area contributed by atoms with Crippen LogP contribution in [0.25, 0.3) is 15.9 Å². The number of amides is 1. The van der Waals surface area contributed by atoms with Crippen LogP contribution in [-0.2, 0) is 11.3 Å². The zero-order chi connectivity index (χ0) is 20.5. The quantitative estimate of drug-likeness (QED) is 0.562. The Hall–Kier alpha value is -3.52. The van der Waals surface area contributed by atoms with E-state index in [4.69, 9.17) is 0 Å². The summed E-state index contributed by atoms with van der Waals surface area (Å²) in [6.45, 7) is 1.59. The highest BCUT2D eigenvalue weighted by atomic mass is 32.1. The van der Waals surface area contributed by atoms with Crippen molar-refractivity contribution in [3.63, 3.8) is 0 Å². The van der Waals surface area contributed by atoms with Gasteiger partial charge >= 0.3 is 5.69 Å². The molecule has 0 saturated heterocycles. The first kappa shape index (κ1) is 18.8. The van der Waals surface area contributed by atoms with Crippen LogP contribution in [0.3, 0.4) is 0 Å². The molecule has 2 aromatic heterocycles. The molecule has 2 heterocycles. The van der Waals surface area contributed by atoms with Crippen LogP contribution in [0.5, 0.6) is 0 Å². The lowest BCUT2D eigenvalue weighted by atomic mass is 10.2. The number of aryl methyl sites for hydroxylation is 1. The van der Waals surface area contributed by atoms with E-state index in [1.807, 2.05) is 19.1 Å². The molecular weight excluding hydrogens is 393 g/mol. The van der Waals surface area contributed by atoms with Gasteiger partial charge in [-0.05, 0) is 48.2 Å². The van der Waals surface area contributed by atoms with Gasteiger partial charge in [-0.2, -0.15) is 0 Å². The molecule has 0 saturated carbocycles. The van der Waals surface area contributed by atoms with Crippen LogP contribution >= 0.6 is 11.3 Å². The van der Waals surface area contributed by atoms with Crippen molar-refractivity contribution in [2.24, 2.45) is 0 Å². The first-order valence-corrected chi connectivity index (χ1v) is 9.68. The summed E-state index contributed by atoms with van der Waals surface area (Å²) >= 11 is 1.14. The van der Waals surface area contributed by atoms with Crippen LogP contribution in [-0.4, -0.2) is 15.0 Å². The fraction of sp³-hybridized carbons (Fsp3) is 0.0952. The summed E-state index contributed by atoms with van der Waals surface area (Å²) in [5.74, 6) is -1.12. The van der Waals surface area contributed by atoms with E-state index in [1.54, 1.807) is 23.6 Å². The third-order valence-electron chi connectivity index (χ3n) is 4.45. The van der Waals surface area contributed by atoms with Crippen molar-refractivity contribution >= 4 is 33.1 Å². The Morgan fingerprint density at radius 3 is 2.66 bits per heavy atom. The molecule has 0 aliphatic rings. The largest absolute Gasteiger partial charge is 0.336 e. The summed E-state index contributed by atoms with van der Waals surface area (Å²) in [7, 11) is 0. The molecule has 1 N–H and O–H groups in total. The second kappa shape index (κ2) is 7.48. The lowest BCUT2D eigenvalue weighted by molar-refractivity contribution is -0.116. The smallest absolute Gasteiger partial charge is 0.325 e. The van der Waals surface area contributed by atoms with Gasteiger partial charge in [0.1, 0.15) is 17.1 Å².